The quantitative estimate of drug-likeness (QED) is 0.878. The van der Waals surface area contributed by atoms with Gasteiger partial charge in [0.2, 0.25) is 0 Å². The van der Waals surface area contributed by atoms with Crippen molar-refractivity contribution in [3.8, 4) is 0 Å². The molecule has 0 saturated carbocycles. The Morgan fingerprint density at radius 1 is 1.30 bits per heavy atom. The van der Waals surface area contributed by atoms with Crippen LogP contribution in [0.4, 0.5) is 15.8 Å². The number of carbonyl (C=O) groups excluding carboxylic acids is 1. The van der Waals surface area contributed by atoms with E-state index >= 15 is 0 Å². The Hall–Kier alpha value is -2.36. The van der Waals surface area contributed by atoms with Crippen LogP contribution in [0.5, 0.6) is 0 Å². The van der Waals surface area contributed by atoms with E-state index in [-0.39, 0.29) is 5.56 Å². The number of hydrogen-bond acceptors (Lipinski definition) is 2. The largest absolute Gasteiger partial charge is 0.384 e. The summed E-state index contributed by atoms with van der Waals surface area (Å²) >= 11 is 0. The standard InChI is InChI=1S/C16H15FN2O/c1-10-3-2-4-13(15(10)17)16(20)19-12-5-6-14-11(9-12)7-8-18-14/h2-6,9,18H,7-8H2,1H3,(H,19,20). The first-order valence-electron chi connectivity index (χ1n) is 6.58. The van der Waals surface area contributed by atoms with Gasteiger partial charge in [-0.15, -0.1) is 0 Å². The zero-order valence-electron chi connectivity index (χ0n) is 11.2. The Bertz CT molecular complexity index is 682. The highest BCUT2D eigenvalue weighted by Crippen LogP contribution is 2.25. The van der Waals surface area contributed by atoms with Gasteiger partial charge in [-0.2, -0.15) is 0 Å². The summed E-state index contributed by atoms with van der Waals surface area (Å²) in [6.07, 6.45) is 0.942. The van der Waals surface area contributed by atoms with Gasteiger partial charge < -0.3 is 10.6 Å². The molecule has 2 N–H and O–H groups in total. The molecule has 3 nitrogen and oxygen atoms in total. The molecule has 0 atom stereocenters. The fourth-order valence-electron chi connectivity index (χ4n) is 2.40. The predicted molar refractivity (Wildman–Crippen MR) is 77.7 cm³/mol. The number of carbonyl (C=O) groups is 1. The van der Waals surface area contributed by atoms with Crippen molar-refractivity contribution in [2.75, 3.05) is 17.2 Å². The van der Waals surface area contributed by atoms with Crippen LogP contribution in [0.15, 0.2) is 36.4 Å². The molecule has 1 heterocycles. The average molecular weight is 270 g/mol. The van der Waals surface area contributed by atoms with Crippen LogP contribution in [0.1, 0.15) is 21.5 Å². The van der Waals surface area contributed by atoms with Crippen molar-refractivity contribution in [3.63, 3.8) is 0 Å². The molecule has 2 aromatic carbocycles. The lowest BCUT2D eigenvalue weighted by molar-refractivity contribution is 0.102. The minimum atomic E-state index is -0.465. The number of amides is 1. The van der Waals surface area contributed by atoms with E-state index in [2.05, 4.69) is 10.6 Å². The van der Waals surface area contributed by atoms with Crippen molar-refractivity contribution >= 4 is 17.3 Å². The number of rotatable bonds is 2. The molecule has 0 radical (unpaired) electrons. The summed E-state index contributed by atoms with van der Waals surface area (Å²) in [4.78, 5) is 12.1. The lowest BCUT2D eigenvalue weighted by Crippen LogP contribution is -2.14. The third-order valence-electron chi connectivity index (χ3n) is 3.51. The molecule has 4 heteroatoms. The third kappa shape index (κ3) is 2.25. The van der Waals surface area contributed by atoms with Crippen molar-refractivity contribution in [2.45, 2.75) is 13.3 Å². The monoisotopic (exact) mass is 270 g/mol. The molecule has 20 heavy (non-hydrogen) atoms. The first-order chi connectivity index (χ1) is 9.65. The summed E-state index contributed by atoms with van der Waals surface area (Å²) in [6, 6.07) is 10.5. The first-order valence-corrected chi connectivity index (χ1v) is 6.58. The summed E-state index contributed by atoms with van der Waals surface area (Å²) < 4.78 is 13.9. The van der Waals surface area contributed by atoms with E-state index in [9.17, 15) is 9.18 Å². The van der Waals surface area contributed by atoms with Crippen LogP contribution >= 0.6 is 0 Å². The van der Waals surface area contributed by atoms with Crippen molar-refractivity contribution in [2.24, 2.45) is 0 Å². The molecule has 0 aromatic heterocycles. The number of halogens is 1. The van der Waals surface area contributed by atoms with Crippen molar-refractivity contribution in [1.29, 1.82) is 0 Å². The smallest absolute Gasteiger partial charge is 0.258 e. The van der Waals surface area contributed by atoms with Gasteiger partial charge in [0.05, 0.1) is 5.56 Å². The van der Waals surface area contributed by atoms with Gasteiger partial charge in [0, 0.05) is 17.9 Å². The lowest BCUT2D eigenvalue weighted by Gasteiger charge is -2.09. The zero-order chi connectivity index (χ0) is 14.1. The molecule has 102 valence electrons. The van der Waals surface area contributed by atoms with Gasteiger partial charge in [0.25, 0.3) is 5.91 Å². The Morgan fingerprint density at radius 2 is 2.15 bits per heavy atom. The van der Waals surface area contributed by atoms with Gasteiger partial charge in [0.1, 0.15) is 5.82 Å². The minimum absolute atomic E-state index is 0.0728. The van der Waals surface area contributed by atoms with Crippen LogP contribution in [-0.2, 0) is 6.42 Å². The third-order valence-corrected chi connectivity index (χ3v) is 3.51. The lowest BCUT2D eigenvalue weighted by atomic mass is 10.1. The molecular formula is C16H15FN2O. The normalized spacial score (nSPS) is 12.7. The van der Waals surface area contributed by atoms with E-state index in [0.29, 0.717) is 11.3 Å². The molecular weight excluding hydrogens is 255 g/mol. The van der Waals surface area contributed by atoms with Crippen LogP contribution < -0.4 is 10.6 Å². The maximum atomic E-state index is 13.9. The molecule has 3 rings (SSSR count). The van der Waals surface area contributed by atoms with Crippen LogP contribution in [-0.4, -0.2) is 12.5 Å². The minimum Gasteiger partial charge on any atom is -0.384 e. The molecule has 0 fully saturated rings. The van der Waals surface area contributed by atoms with Gasteiger partial charge in [-0.25, -0.2) is 4.39 Å². The van der Waals surface area contributed by atoms with E-state index in [1.54, 1.807) is 19.1 Å². The number of aryl methyl sites for hydroxylation is 1. The molecule has 1 amide bonds. The van der Waals surface area contributed by atoms with E-state index in [4.69, 9.17) is 0 Å². The highest BCUT2D eigenvalue weighted by molar-refractivity contribution is 6.04. The second kappa shape index (κ2) is 4.96. The average Bonchev–Trinajstić information content (AvgIpc) is 2.89. The van der Waals surface area contributed by atoms with Crippen molar-refractivity contribution in [3.05, 3.63) is 58.9 Å². The second-order valence-corrected chi connectivity index (χ2v) is 4.94. The Kier molecular flexibility index (Phi) is 3.14. The van der Waals surface area contributed by atoms with E-state index < -0.39 is 11.7 Å². The fourth-order valence-corrected chi connectivity index (χ4v) is 2.40. The van der Waals surface area contributed by atoms with Gasteiger partial charge in [-0.1, -0.05) is 12.1 Å². The van der Waals surface area contributed by atoms with Crippen LogP contribution in [0.25, 0.3) is 0 Å². The van der Waals surface area contributed by atoms with E-state index in [1.165, 1.54) is 11.6 Å². The summed E-state index contributed by atoms with van der Waals surface area (Å²) in [5.74, 6) is -0.884. The van der Waals surface area contributed by atoms with Crippen LogP contribution in [0.2, 0.25) is 0 Å². The summed E-state index contributed by atoms with van der Waals surface area (Å²) in [5.41, 5.74) is 3.51. The zero-order valence-corrected chi connectivity index (χ0v) is 11.2. The predicted octanol–water partition coefficient (Wildman–Crippen LogP) is 3.35. The summed E-state index contributed by atoms with van der Waals surface area (Å²) in [5, 5.41) is 6.01. The van der Waals surface area contributed by atoms with Crippen molar-refractivity contribution < 1.29 is 9.18 Å². The van der Waals surface area contributed by atoms with Gasteiger partial charge in [0.15, 0.2) is 0 Å². The molecule has 2 aromatic rings. The topological polar surface area (TPSA) is 41.1 Å². The maximum Gasteiger partial charge on any atom is 0.258 e. The Labute approximate surface area is 116 Å². The van der Waals surface area contributed by atoms with Crippen LogP contribution in [0.3, 0.4) is 0 Å². The van der Waals surface area contributed by atoms with Gasteiger partial charge in [-0.3, -0.25) is 4.79 Å². The number of benzene rings is 2. The van der Waals surface area contributed by atoms with E-state index in [1.807, 2.05) is 18.2 Å². The number of nitrogens with one attached hydrogen (secondary N) is 2. The second-order valence-electron chi connectivity index (χ2n) is 4.94. The number of fused-ring (bicyclic) bond motifs is 1. The molecule has 0 spiro atoms. The summed E-state index contributed by atoms with van der Waals surface area (Å²) in [6.45, 7) is 2.56. The van der Waals surface area contributed by atoms with Crippen LogP contribution in [0, 0.1) is 12.7 Å². The summed E-state index contributed by atoms with van der Waals surface area (Å²) in [7, 11) is 0. The highest BCUT2D eigenvalue weighted by atomic mass is 19.1. The molecule has 0 aliphatic carbocycles. The molecule has 1 aliphatic heterocycles. The number of hydrogen-bond donors (Lipinski definition) is 2. The van der Waals surface area contributed by atoms with Crippen molar-refractivity contribution in [1.82, 2.24) is 0 Å². The molecule has 1 aliphatic rings. The fraction of sp³-hybridized carbons (Fsp3) is 0.188. The van der Waals surface area contributed by atoms with E-state index in [0.717, 1.165) is 18.7 Å². The Morgan fingerprint density at radius 3 is 3.00 bits per heavy atom. The first kappa shape index (κ1) is 12.7. The highest BCUT2D eigenvalue weighted by Gasteiger charge is 2.15. The molecule has 0 unspecified atom stereocenters. The maximum absolute atomic E-state index is 13.9. The molecule has 0 bridgehead atoms. The SMILES string of the molecule is Cc1cccc(C(=O)Nc2ccc3c(c2)CCN3)c1F. The Balaban J connectivity index is 1.84. The van der Waals surface area contributed by atoms with Gasteiger partial charge >= 0.3 is 0 Å². The molecule has 0 saturated heterocycles. The number of anilines is 2. The van der Waals surface area contributed by atoms with Gasteiger partial charge in [-0.05, 0) is 48.7 Å².